The van der Waals surface area contributed by atoms with Crippen molar-refractivity contribution in [3.05, 3.63) is 0 Å². The molecule has 0 aromatic carbocycles. The number of rotatable bonds is 4. The van der Waals surface area contributed by atoms with Crippen LogP contribution in [0.2, 0.25) is 0 Å². The number of carbonyl (C=O) groups excluding carboxylic acids is 1. The van der Waals surface area contributed by atoms with Gasteiger partial charge in [-0.1, -0.05) is 0 Å². The van der Waals surface area contributed by atoms with Crippen molar-refractivity contribution in [2.75, 3.05) is 6.61 Å². The van der Waals surface area contributed by atoms with Crippen LogP contribution in [0.15, 0.2) is 0 Å². The average molecular weight is 143 g/mol. The Labute approximate surface area is 60.5 Å². The monoisotopic (exact) mass is 143 g/mol. The standard InChI is InChI=1S/C7H13NO2/c1-5(7(8)9)10-4-6-2-3-6/h5-6H,2-4H2,1H3,(H2,8,9). The molecule has 3 heteroatoms. The summed E-state index contributed by atoms with van der Waals surface area (Å²) in [7, 11) is 0. The van der Waals surface area contributed by atoms with Gasteiger partial charge in [0.1, 0.15) is 6.10 Å². The first kappa shape index (κ1) is 7.54. The maximum absolute atomic E-state index is 10.4. The summed E-state index contributed by atoms with van der Waals surface area (Å²) in [5, 5.41) is 0. The minimum Gasteiger partial charge on any atom is -0.368 e. The summed E-state index contributed by atoms with van der Waals surface area (Å²) in [5.41, 5.74) is 4.98. The van der Waals surface area contributed by atoms with Crippen molar-refractivity contribution >= 4 is 5.91 Å². The third-order valence-corrected chi connectivity index (χ3v) is 1.68. The summed E-state index contributed by atoms with van der Waals surface area (Å²) in [4.78, 5) is 10.4. The zero-order chi connectivity index (χ0) is 7.56. The van der Waals surface area contributed by atoms with Crippen molar-refractivity contribution in [1.29, 1.82) is 0 Å². The fourth-order valence-corrected chi connectivity index (χ4v) is 0.647. The Morgan fingerprint density at radius 2 is 2.40 bits per heavy atom. The van der Waals surface area contributed by atoms with Gasteiger partial charge in [-0.25, -0.2) is 0 Å². The lowest BCUT2D eigenvalue weighted by Crippen LogP contribution is -2.28. The summed E-state index contributed by atoms with van der Waals surface area (Å²) in [6.07, 6.45) is 2.07. The molecule has 1 rings (SSSR count). The summed E-state index contributed by atoms with van der Waals surface area (Å²) in [5.74, 6) is 0.322. The first-order valence-electron chi connectivity index (χ1n) is 3.61. The molecule has 1 fully saturated rings. The third kappa shape index (κ3) is 2.35. The molecule has 1 saturated carbocycles. The minimum atomic E-state index is -0.416. The predicted molar refractivity (Wildman–Crippen MR) is 37.3 cm³/mol. The molecule has 1 atom stereocenters. The molecule has 2 N–H and O–H groups in total. The fraction of sp³-hybridized carbons (Fsp3) is 0.857. The number of hydrogen-bond acceptors (Lipinski definition) is 2. The van der Waals surface area contributed by atoms with Crippen LogP contribution in [0.5, 0.6) is 0 Å². The van der Waals surface area contributed by atoms with Crippen LogP contribution >= 0.6 is 0 Å². The molecule has 0 aromatic heterocycles. The maximum Gasteiger partial charge on any atom is 0.246 e. The molecule has 0 bridgehead atoms. The van der Waals surface area contributed by atoms with E-state index in [9.17, 15) is 4.79 Å². The van der Waals surface area contributed by atoms with Gasteiger partial charge in [0.25, 0.3) is 0 Å². The Kier molecular flexibility index (Phi) is 2.27. The Morgan fingerprint density at radius 3 is 2.80 bits per heavy atom. The second-order valence-corrected chi connectivity index (χ2v) is 2.82. The van der Waals surface area contributed by atoms with Crippen LogP contribution < -0.4 is 5.73 Å². The van der Waals surface area contributed by atoms with Crippen molar-refractivity contribution in [3.63, 3.8) is 0 Å². The first-order chi connectivity index (χ1) is 4.70. The smallest absolute Gasteiger partial charge is 0.246 e. The Balaban J connectivity index is 2.05. The van der Waals surface area contributed by atoms with E-state index in [2.05, 4.69) is 0 Å². The van der Waals surface area contributed by atoms with E-state index >= 15 is 0 Å². The molecular weight excluding hydrogens is 130 g/mol. The van der Waals surface area contributed by atoms with Crippen molar-refractivity contribution in [3.8, 4) is 0 Å². The van der Waals surface area contributed by atoms with E-state index in [1.54, 1.807) is 6.92 Å². The summed E-state index contributed by atoms with van der Waals surface area (Å²) < 4.78 is 5.15. The Morgan fingerprint density at radius 1 is 1.80 bits per heavy atom. The van der Waals surface area contributed by atoms with Gasteiger partial charge >= 0.3 is 0 Å². The molecule has 0 aliphatic heterocycles. The first-order valence-corrected chi connectivity index (χ1v) is 3.61. The molecule has 0 aromatic rings. The molecule has 0 saturated heterocycles. The maximum atomic E-state index is 10.4. The lowest BCUT2D eigenvalue weighted by molar-refractivity contribution is -0.128. The molecule has 1 unspecified atom stereocenters. The number of nitrogens with two attached hydrogens (primary N) is 1. The summed E-state index contributed by atoms with van der Waals surface area (Å²) in [6, 6.07) is 0. The fourth-order valence-electron chi connectivity index (χ4n) is 0.647. The minimum absolute atomic E-state index is 0.374. The van der Waals surface area contributed by atoms with Gasteiger partial charge in [-0.05, 0) is 25.7 Å². The van der Waals surface area contributed by atoms with Gasteiger partial charge < -0.3 is 10.5 Å². The van der Waals surface area contributed by atoms with Gasteiger partial charge in [-0.15, -0.1) is 0 Å². The van der Waals surface area contributed by atoms with Crippen LogP contribution in [0.1, 0.15) is 19.8 Å². The highest BCUT2D eigenvalue weighted by molar-refractivity contribution is 5.78. The van der Waals surface area contributed by atoms with Gasteiger partial charge in [-0.3, -0.25) is 4.79 Å². The highest BCUT2D eigenvalue weighted by Gasteiger charge is 2.23. The van der Waals surface area contributed by atoms with E-state index < -0.39 is 6.10 Å². The number of hydrogen-bond donors (Lipinski definition) is 1. The summed E-state index contributed by atoms with van der Waals surface area (Å²) >= 11 is 0. The number of amides is 1. The van der Waals surface area contributed by atoms with Crippen molar-refractivity contribution in [1.82, 2.24) is 0 Å². The second-order valence-electron chi connectivity index (χ2n) is 2.82. The molecule has 3 nitrogen and oxygen atoms in total. The SMILES string of the molecule is CC(OCC1CC1)C(N)=O. The largest absolute Gasteiger partial charge is 0.368 e. The van der Waals surface area contributed by atoms with E-state index in [1.165, 1.54) is 12.8 Å². The van der Waals surface area contributed by atoms with Gasteiger partial charge in [0, 0.05) is 0 Å². The molecule has 58 valence electrons. The van der Waals surface area contributed by atoms with Crippen molar-refractivity contribution in [2.45, 2.75) is 25.9 Å². The van der Waals surface area contributed by atoms with Crippen LogP contribution in [0.25, 0.3) is 0 Å². The van der Waals surface area contributed by atoms with Gasteiger partial charge in [0.2, 0.25) is 5.91 Å². The number of ether oxygens (including phenoxy) is 1. The summed E-state index contributed by atoms with van der Waals surface area (Å²) in [6.45, 7) is 2.38. The van der Waals surface area contributed by atoms with Crippen LogP contribution in [-0.4, -0.2) is 18.6 Å². The number of primary amides is 1. The van der Waals surface area contributed by atoms with E-state index in [0.717, 1.165) is 0 Å². The zero-order valence-corrected chi connectivity index (χ0v) is 6.17. The second kappa shape index (κ2) is 3.01. The third-order valence-electron chi connectivity index (χ3n) is 1.68. The zero-order valence-electron chi connectivity index (χ0n) is 6.17. The predicted octanol–water partition coefficient (Wildman–Crippen LogP) is 0.287. The lowest BCUT2D eigenvalue weighted by atomic mass is 10.4. The molecular formula is C7H13NO2. The molecule has 1 amide bonds. The molecule has 0 spiro atoms. The highest BCUT2D eigenvalue weighted by Crippen LogP contribution is 2.29. The molecule has 1 aliphatic rings. The van der Waals surface area contributed by atoms with Crippen LogP contribution in [0.4, 0.5) is 0 Å². The molecule has 1 aliphatic carbocycles. The van der Waals surface area contributed by atoms with Gasteiger partial charge in [0.15, 0.2) is 0 Å². The average Bonchev–Trinajstić information content (AvgIpc) is 2.64. The Hall–Kier alpha value is -0.570. The van der Waals surface area contributed by atoms with E-state index in [0.29, 0.717) is 12.5 Å². The Bertz CT molecular complexity index is 132. The molecule has 0 radical (unpaired) electrons. The van der Waals surface area contributed by atoms with Gasteiger partial charge in [0.05, 0.1) is 6.61 Å². The van der Waals surface area contributed by atoms with E-state index in [4.69, 9.17) is 10.5 Å². The normalized spacial score (nSPS) is 20.5. The van der Waals surface area contributed by atoms with Crippen LogP contribution in [0, 0.1) is 5.92 Å². The molecule has 0 heterocycles. The quantitative estimate of drug-likeness (QED) is 0.614. The molecule has 10 heavy (non-hydrogen) atoms. The van der Waals surface area contributed by atoms with Crippen molar-refractivity contribution in [2.24, 2.45) is 11.7 Å². The lowest BCUT2D eigenvalue weighted by Gasteiger charge is -2.07. The highest BCUT2D eigenvalue weighted by atomic mass is 16.5. The topological polar surface area (TPSA) is 52.3 Å². The van der Waals surface area contributed by atoms with E-state index in [-0.39, 0.29) is 5.91 Å². The number of carbonyl (C=O) groups is 1. The van der Waals surface area contributed by atoms with Crippen LogP contribution in [0.3, 0.4) is 0 Å². The van der Waals surface area contributed by atoms with Crippen LogP contribution in [-0.2, 0) is 9.53 Å². The van der Waals surface area contributed by atoms with Crippen molar-refractivity contribution < 1.29 is 9.53 Å². The van der Waals surface area contributed by atoms with E-state index in [1.807, 2.05) is 0 Å². The van der Waals surface area contributed by atoms with Gasteiger partial charge in [-0.2, -0.15) is 0 Å².